The number of pyridine rings is 1. The van der Waals surface area contributed by atoms with Crippen LogP contribution in [0.3, 0.4) is 0 Å². The van der Waals surface area contributed by atoms with Crippen molar-refractivity contribution in [2.24, 2.45) is 0 Å². The third-order valence-corrected chi connectivity index (χ3v) is 7.32. The van der Waals surface area contributed by atoms with E-state index < -0.39 is 40.8 Å². The van der Waals surface area contributed by atoms with Crippen LogP contribution >= 0.6 is 11.6 Å². The predicted octanol–water partition coefficient (Wildman–Crippen LogP) is 4.92. The molecule has 0 radical (unpaired) electrons. The SMILES string of the molecule is Cc1cn(-c2ccc3n(c2=O)CCN([C@@H](C)[C@@H]2CC[C@H](c4ccc(Cl)c(F)c4C(F)(F)F)O2)C3=O)cn1. The fourth-order valence-corrected chi connectivity index (χ4v) is 5.30. The van der Waals surface area contributed by atoms with Gasteiger partial charge in [0.1, 0.15) is 11.4 Å². The smallest absolute Gasteiger partial charge is 0.368 e. The summed E-state index contributed by atoms with van der Waals surface area (Å²) in [6, 6.07) is 4.89. The van der Waals surface area contributed by atoms with Gasteiger partial charge in [-0.25, -0.2) is 9.37 Å². The maximum absolute atomic E-state index is 14.3. The number of benzene rings is 1. The van der Waals surface area contributed by atoms with Crippen LogP contribution in [0.25, 0.3) is 5.69 Å². The summed E-state index contributed by atoms with van der Waals surface area (Å²) in [5.41, 5.74) is -0.722. The molecule has 7 nitrogen and oxygen atoms in total. The molecule has 0 N–H and O–H groups in total. The highest BCUT2D eigenvalue weighted by Crippen LogP contribution is 2.44. The van der Waals surface area contributed by atoms with Gasteiger partial charge >= 0.3 is 6.18 Å². The molecule has 37 heavy (non-hydrogen) atoms. The molecule has 12 heteroatoms. The van der Waals surface area contributed by atoms with Crippen molar-refractivity contribution in [1.29, 1.82) is 0 Å². The van der Waals surface area contributed by atoms with Crippen LogP contribution in [0.2, 0.25) is 5.02 Å². The zero-order valence-corrected chi connectivity index (χ0v) is 20.7. The van der Waals surface area contributed by atoms with Crippen molar-refractivity contribution in [2.75, 3.05) is 6.54 Å². The molecule has 196 valence electrons. The van der Waals surface area contributed by atoms with Crippen LogP contribution in [0, 0.1) is 12.7 Å². The van der Waals surface area contributed by atoms with E-state index in [0.717, 1.165) is 17.8 Å². The number of alkyl halides is 3. The minimum absolute atomic E-state index is 0.220. The average molecular weight is 539 g/mol. The summed E-state index contributed by atoms with van der Waals surface area (Å²) in [5.74, 6) is -1.89. The van der Waals surface area contributed by atoms with Crippen molar-refractivity contribution in [2.45, 2.75) is 57.7 Å². The molecule has 5 rings (SSSR count). The van der Waals surface area contributed by atoms with Gasteiger partial charge in [0.25, 0.3) is 11.5 Å². The number of nitrogens with zero attached hydrogens (tertiary/aromatic N) is 4. The highest BCUT2D eigenvalue weighted by Gasteiger charge is 2.43. The van der Waals surface area contributed by atoms with Gasteiger partial charge in [-0.1, -0.05) is 17.7 Å². The number of aryl methyl sites for hydroxylation is 1. The van der Waals surface area contributed by atoms with Crippen LogP contribution in [0.15, 0.2) is 41.6 Å². The number of carbonyl (C=O) groups is 1. The second kappa shape index (κ2) is 9.29. The van der Waals surface area contributed by atoms with Gasteiger partial charge in [0.15, 0.2) is 5.82 Å². The molecular weight excluding hydrogens is 516 g/mol. The Morgan fingerprint density at radius 1 is 1.14 bits per heavy atom. The summed E-state index contributed by atoms with van der Waals surface area (Å²) in [4.78, 5) is 32.1. The molecule has 0 bridgehead atoms. The van der Waals surface area contributed by atoms with Crippen LogP contribution in [0.5, 0.6) is 0 Å². The van der Waals surface area contributed by atoms with E-state index in [1.54, 1.807) is 41.6 Å². The fraction of sp³-hybridized carbons (Fsp3) is 0.400. The predicted molar refractivity (Wildman–Crippen MR) is 126 cm³/mol. The summed E-state index contributed by atoms with van der Waals surface area (Å²) >= 11 is 5.60. The lowest BCUT2D eigenvalue weighted by Crippen LogP contribution is -2.52. The molecular formula is C25H23ClF4N4O3. The number of imidazole rings is 1. The van der Waals surface area contributed by atoms with Crippen LogP contribution in [0.4, 0.5) is 17.6 Å². The zero-order chi connectivity index (χ0) is 26.6. The van der Waals surface area contributed by atoms with Crippen molar-refractivity contribution in [1.82, 2.24) is 19.0 Å². The molecule has 0 saturated carbocycles. The van der Waals surface area contributed by atoms with Gasteiger partial charge < -0.3 is 18.8 Å². The summed E-state index contributed by atoms with van der Waals surface area (Å²) in [5, 5.41) is -0.613. The lowest BCUT2D eigenvalue weighted by molar-refractivity contribution is -0.142. The van der Waals surface area contributed by atoms with E-state index in [9.17, 15) is 27.2 Å². The number of hydrogen-bond acceptors (Lipinski definition) is 4. The van der Waals surface area contributed by atoms with Crippen LogP contribution in [-0.2, 0) is 17.5 Å². The first-order chi connectivity index (χ1) is 17.5. The normalized spacial score (nSPS) is 20.8. The van der Waals surface area contributed by atoms with Gasteiger partial charge in [-0.05, 0) is 50.5 Å². The Balaban J connectivity index is 1.36. The first kappa shape index (κ1) is 25.5. The monoisotopic (exact) mass is 538 g/mol. The second-order valence-corrected chi connectivity index (χ2v) is 9.69. The quantitative estimate of drug-likeness (QED) is 0.442. The number of hydrogen-bond donors (Lipinski definition) is 0. The summed E-state index contributed by atoms with van der Waals surface area (Å²) < 4.78 is 64.1. The van der Waals surface area contributed by atoms with Crippen LogP contribution in [-0.4, -0.2) is 43.6 Å². The average Bonchev–Trinajstić information content (AvgIpc) is 3.50. The molecule has 1 amide bonds. The van der Waals surface area contributed by atoms with Crippen molar-refractivity contribution < 1.29 is 27.1 Å². The maximum Gasteiger partial charge on any atom is 0.419 e. The minimum Gasteiger partial charge on any atom is -0.368 e. The van der Waals surface area contributed by atoms with Gasteiger partial charge in [0.05, 0.1) is 40.9 Å². The fourth-order valence-electron chi connectivity index (χ4n) is 5.14. The molecule has 1 fully saturated rings. The first-order valence-electron chi connectivity index (χ1n) is 11.7. The third-order valence-electron chi connectivity index (χ3n) is 7.03. The van der Waals surface area contributed by atoms with E-state index in [4.69, 9.17) is 16.3 Å². The van der Waals surface area contributed by atoms with Crippen LogP contribution in [0.1, 0.15) is 53.2 Å². The second-order valence-electron chi connectivity index (χ2n) is 9.29. The van der Waals surface area contributed by atoms with E-state index >= 15 is 0 Å². The molecule has 1 aromatic carbocycles. The Hall–Kier alpha value is -3.18. The molecule has 0 aliphatic carbocycles. The molecule has 2 aliphatic heterocycles. The molecule has 2 aliphatic rings. The third kappa shape index (κ3) is 4.44. The largest absolute Gasteiger partial charge is 0.419 e. The minimum atomic E-state index is -4.94. The molecule has 2 aromatic heterocycles. The van der Waals surface area contributed by atoms with E-state index in [1.165, 1.54) is 10.9 Å². The van der Waals surface area contributed by atoms with Crippen molar-refractivity contribution in [3.05, 3.63) is 80.5 Å². The van der Waals surface area contributed by atoms with E-state index in [0.29, 0.717) is 12.1 Å². The van der Waals surface area contributed by atoms with Gasteiger partial charge in [-0.3, -0.25) is 9.59 Å². The Bertz CT molecular complexity index is 1430. The van der Waals surface area contributed by atoms with E-state index in [-0.39, 0.29) is 42.2 Å². The lowest BCUT2D eigenvalue weighted by Gasteiger charge is -2.37. The lowest BCUT2D eigenvalue weighted by atomic mass is 9.98. The molecule has 1 saturated heterocycles. The number of ether oxygens (including phenoxy) is 1. The number of aromatic nitrogens is 3. The van der Waals surface area contributed by atoms with Crippen LogP contribution < -0.4 is 5.56 Å². The zero-order valence-electron chi connectivity index (χ0n) is 19.9. The molecule has 0 spiro atoms. The van der Waals surface area contributed by atoms with E-state index in [1.807, 2.05) is 0 Å². The Kier molecular flexibility index (Phi) is 6.39. The highest BCUT2D eigenvalue weighted by molar-refractivity contribution is 6.30. The van der Waals surface area contributed by atoms with Crippen molar-refractivity contribution >= 4 is 17.5 Å². The van der Waals surface area contributed by atoms with Gasteiger partial charge in [-0.2, -0.15) is 13.2 Å². The summed E-state index contributed by atoms with van der Waals surface area (Å²) in [6.45, 7) is 4.04. The Morgan fingerprint density at radius 2 is 1.89 bits per heavy atom. The maximum atomic E-state index is 14.3. The number of carbonyl (C=O) groups excluding carboxylic acids is 1. The molecule has 4 heterocycles. The van der Waals surface area contributed by atoms with Crippen molar-refractivity contribution in [3.63, 3.8) is 0 Å². The highest BCUT2D eigenvalue weighted by atomic mass is 35.5. The first-order valence-corrected chi connectivity index (χ1v) is 12.1. The molecule has 3 aromatic rings. The standard InChI is InChI=1S/C25H23ClF4N4O3/c1-13-11-32(12-31-13)17-5-6-18-24(36)33(9-10-34(18)23(17)35)14(2)19-7-8-20(37-19)15-3-4-16(26)22(27)21(15)25(28,29)30/h3-6,11-12,14,19-20H,7-10H2,1-2H3/t14-,19-,20+/m0/s1. The topological polar surface area (TPSA) is 69.4 Å². The Morgan fingerprint density at radius 3 is 2.57 bits per heavy atom. The Labute approximate surface area is 214 Å². The van der Waals surface area contributed by atoms with E-state index in [2.05, 4.69) is 4.98 Å². The van der Waals surface area contributed by atoms with Crippen molar-refractivity contribution in [3.8, 4) is 5.69 Å². The molecule has 3 atom stereocenters. The molecule has 0 unspecified atom stereocenters. The van der Waals surface area contributed by atoms with Gasteiger partial charge in [0.2, 0.25) is 0 Å². The summed E-state index contributed by atoms with van der Waals surface area (Å²) in [6.07, 6.45) is -2.65. The number of rotatable bonds is 4. The van der Waals surface area contributed by atoms with Gasteiger partial charge in [-0.15, -0.1) is 0 Å². The van der Waals surface area contributed by atoms with Gasteiger partial charge in [0, 0.05) is 19.3 Å². The number of fused-ring (bicyclic) bond motifs is 1. The summed E-state index contributed by atoms with van der Waals surface area (Å²) in [7, 11) is 0. The number of amides is 1. The number of halogens is 5.